The zero-order valence-corrected chi connectivity index (χ0v) is 12.1. The van der Waals surface area contributed by atoms with Crippen molar-refractivity contribution in [3.63, 3.8) is 0 Å². The number of aryl methyl sites for hydroxylation is 1. The quantitative estimate of drug-likeness (QED) is 0.759. The smallest absolute Gasteiger partial charge is 0.122 e. The summed E-state index contributed by atoms with van der Waals surface area (Å²) in [6.07, 6.45) is 2.11. The fourth-order valence-corrected chi connectivity index (χ4v) is 2.26. The van der Waals surface area contributed by atoms with Gasteiger partial charge in [-0.25, -0.2) is 0 Å². The molecule has 1 aromatic rings. The van der Waals surface area contributed by atoms with Crippen LogP contribution in [0.25, 0.3) is 0 Å². The van der Waals surface area contributed by atoms with Gasteiger partial charge in [0.1, 0.15) is 10.0 Å². The van der Waals surface area contributed by atoms with E-state index in [0.29, 0.717) is 0 Å². The van der Waals surface area contributed by atoms with Crippen LogP contribution in [0.1, 0.15) is 37.2 Å². The highest BCUT2D eigenvalue weighted by atomic mass is 32.1. The Kier molecular flexibility index (Phi) is 6.02. The highest BCUT2D eigenvalue weighted by molar-refractivity contribution is 7.11. The van der Waals surface area contributed by atoms with Gasteiger partial charge in [0.2, 0.25) is 0 Å². The molecule has 0 aliphatic heterocycles. The highest BCUT2D eigenvalue weighted by Crippen LogP contribution is 2.25. The molecule has 0 aliphatic carbocycles. The molecule has 0 saturated heterocycles. The molecule has 0 radical (unpaired) electrons. The van der Waals surface area contributed by atoms with Gasteiger partial charge < -0.3 is 10.1 Å². The predicted octanol–water partition coefficient (Wildman–Crippen LogP) is 2.00. The highest BCUT2D eigenvalue weighted by Gasteiger charge is 2.18. The first-order chi connectivity index (χ1) is 8.04. The number of rotatable bonds is 7. The van der Waals surface area contributed by atoms with E-state index in [9.17, 15) is 0 Å². The number of nitrogens with one attached hydrogen (secondary N) is 1. The SMILES string of the molecule is COCCNCCCc1nnc(C(C)(C)C)s1. The summed E-state index contributed by atoms with van der Waals surface area (Å²) in [4.78, 5) is 0. The summed E-state index contributed by atoms with van der Waals surface area (Å²) in [5, 5.41) is 14.1. The minimum atomic E-state index is 0.118. The van der Waals surface area contributed by atoms with Crippen molar-refractivity contribution in [3.8, 4) is 0 Å². The maximum Gasteiger partial charge on any atom is 0.122 e. The molecule has 0 bridgehead atoms. The van der Waals surface area contributed by atoms with E-state index in [4.69, 9.17) is 4.74 Å². The van der Waals surface area contributed by atoms with Crippen molar-refractivity contribution in [2.45, 2.75) is 39.0 Å². The second-order valence-electron chi connectivity index (χ2n) is 5.10. The molecule has 0 spiro atoms. The van der Waals surface area contributed by atoms with Crippen molar-refractivity contribution >= 4 is 11.3 Å². The summed E-state index contributed by atoms with van der Waals surface area (Å²) in [5.41, 5.74) is 0.118. The van der Waals surface area contributed by atoms with E-state index in [1.807, 2.05) is 0 Å². The maximum atomic E-state index is 4.96. The lowest BCUT2D eigenvalue weighted by Crippen LogP contribution is -2.20. The Balaban J connectivity index is 2.21. The second kappa shape index (κ2) is 7.03. The molecule has 1 rings (SSSR count). The average molecular weight is 257 g/mol. The summed E-state index contributed by atoms with van der Waals surface area (Å²) in [5.74, 6) is 0. The molecule has 4 nitrogen and oxygen atoms in total. The molecule has 0 aliphatic rings. The fraction of sp³-hybridized carbons (Fsp3) is 0.833. The van der Waals surface area contributed by atoms with Gasteiger partial charge in [0.05, 0.1) is 6.61 Å². The van der Waals surface area contributed by atoms with Crippen molar-refractivity contribution in [1.82, 2.24) is 15.5 Å². The number of ether oxygens (including phenoxy) is 1. The van der Waals surface area contributed by atoms with Gasteiger partial charge in [-0.15, -0.1) is 21.5 Å². The Hall–Kier alpha value is -0.520. The number of methoxy groups -OCH3 is 1. The number of nitrogens with zero attached hydrogens (tertiary/aromatic N) is 2. The zero-order chi connectivity index (χ0) is 12.7. The minimum Gasteiger partial charge on any atom is -0.383 e. The monoisotopic (exact) mass is 257 g/mol. The Morgan fingerprint density at radius 3 is 2.59 bits per heavy atom. The molecule has 0 saturated carbocycles. The van der Waals surface area contributed by atoms with Gasteiger partial charge in [-0.05, 0) is 13.0 Å². The topological polar surface area (TPSA) is 47.0 Å². The average Bonchev–Trinajstić information content (AvgIpc) is 2.71. The van der Waals surface area contributed by atoms with Crippen LogP contribution in [-0.2, 0) is 16.6 Å². The molecule has 98 valence electrons. The van der Waals surface area contributed by atoms with Crippen molar-refractivity contribution in [1.29, 1.82) is 0 Å². The Bertz CT molecular complexity index is 320. The molecule has 0 amide bonds. The summed E-state index contributed by atoms with van der Waals surface area (Å²) in [6, 6.07) is 0. The standard InChI is InChI=1S/C12H23N3OS/c1-12(2,3)11-15-14-10(17-11)6-5-7-13-8-9-16-4/h13H,5-9H2,1-4H3. The molecule has 1 N–H and O–H groups in total. The van der Waals surface area contributed by atoms with Gasteiger partial charge >= 0.3 is 0 Å². The van der Waals surface area contributed by atoms with E-state index < -0.39 is 0 Å². The first kappa shape index (κ1) is 14.5. The van der Waals surface area contributed by atoms with Crippen LogP contribution in [0.2, 0.25) is 0 Å². The molecule has 1 heterocycles. The zero-order valence-electron chi connectivity index (χ0n) is 11.2. The van der Waals surface area contributed by atoms with Crippen LogP contribution in [-0.4, -0.2) is 37.0 Å². The second-order valence-corrected chi connectivity index (χ2v) is 6.16. The molecule has 0 atom stereocenters. The Morgan fingerprint density at radius 1 is 1.24 bits per heavy atom. The van der Waals surface area contributed by atoms with Crippen molar-refractivity contribution in [3.05, 3.63) is 10.0 Å². The van der Waals surface area contributed by atoms with Gasteiger partial charge in [0, 0.05) is 25.5 Å². The van der Waals surface area contributed by atoms with Crippen LogP contribution in [0.3, 0.4) is 0 Å². The molecule has 1 aromatic heterocycles. The van der Waals surface area contributed by atoms with Crippen LogP contribution in [0.4, 0.5) is 0 Å². The van der Waals surface area contributed by atoms with E-state index in [0.717, 1.165) is 42.6 Å². The van der Waals surface area contributed by atoms with E-state index in [2.05, 4.69) is 36.3 Å². The number of hydrogen-bond acceptors (Lipinski definition) is 5. The first-order valence-electron chi connectivity index (χ1n) is 6.06. The normalized spacial score (nSPS) is 12.0. The lowest BCUT2D eigenvalue weighted by molar-refractivity contribution is 0.199. The van der Waals surface area contributed by atoms with Crippen LogP contribution < -0.4 is 5.32 Å². The summed E-state index contributed by atoms with van der Waals surface area (Å²) >= 11 is 1.73. The van der Waals surface area contributed by atoms with Crippen LogP contribution in [0, 0.1) is 0 Å². The van der Waals surface area contributed by atoms with E-state index in [1.165, 1.54) is 0 Å². The van der Waals surface area contributed by atoms with Gasteiger partial charge in [0.15, 0.2) is 0 Å². The third-order valence-corrected chi connectivity index (χ3v) is 3.74. The van der Waals surface area contributed by atoms with Crippen molar-refractivity contribution < 1.29 is 4.74 Å². The largest absolute Gasteiger partial charge is 0.383 e. The fourth-order valence-electron chi connectivity index (χ4n) is 1.32. The van der Waals surface area contributed by atoms with Gasteiger partial charge in [0.25, 0.3) is 0 Å². The molecule has 5 heteroatoms. The minimum absolute atomic E-state index is 0.118. The molecular weight excluding hydrogens is 234 g/mol. The molecule has 17 heavy (non-hydrogen) atoms. The third-order valence-electron chi connectivity index (χ3n) is 2.34. The lowest BCUT2D eigenvalue weighted by atomic mass is 9.98. The van der Waals surface area contributed by atoms with E-state index in [-0.39, 0.29) is 5.41 Å². The van der Waals surface area contributed by atoms with Gasteiger partial charge in [-0.1, -0.05) is 20.8 Å². The number of hydrogen-bond donors (Lipinski definition) is 1. The van der Waals surface area contributed by atoms with Crippen LogP contribution in [0.5, 0.6) is 0 Å². The summed E-state index contributed by atoms with van der Waals surface area (Å²) in [6.45, 7) is 9.21. The molecule has 0 aromatic carbocycles. The van der Waals surface area contributed by atoms with Gasteiger partial charge in [-0.2, -0.15) is 0 Å². The predicted molar refractivity (Wildman–Crippen MR) is 71.7 cm³/mol. The summed E-state index contributed by atoms with van der Waals surface area (Å²) in [7, 11) is 1.72. The van der Waals surface area contributed by atoms with Crippen LogP contribution >= 0.6 is 11.3 Å². The maximum absolute atomic E-state index is 4.96. The molecule has 0 unspecified atom stereocenters. The molecular formula is C12H23N3OS. The van der Waals surface area contributed by atoms with Crippen molar-refractivity contribution in [2.75, 3.05) is 26.8 Å². The van der Waals surface area contributed by atoms with E-state index in [1.54, 1.807) is 18.4 Å². The first-order valence-corrected chi connectivity index (χ1v) is 6.88. The molecule has 0 fully saturated rings. The summed E-state index contributed by atoms with van der Waals surface area (Å²) < 4.78 is 4.96. The number of aromatic nitrogens is 2. The Morgan fingerprint density at radius 2 is 2.00 bits per heavy atom. The van der Waals surface area contributed by atoms with Gasteiger partial charge in [-0.3, -0.25) is 0 Å². The van der Waals surface area contributed by atoms with Crippen molar-refractivity contribution in [2.24, 2.45) is 0 Å². The third kappa shape index (κ3) is 5.57. The lowest BCUT2D eigenvalue weighted by Gasteiger charge is -2.12. The van der Waals surface area contributed by atoms with E-state index >= 15 is 0 Å². The Labute approximate surface area is 108 Å². The van der Waals surface area contributed by atoms with Crippen LogP contribution in [0.15, 0.2) is 0 Å².